The maximum absolute atomic E-state index is 11.3. The quantitative estimate of drug-likeness (QED) is 0.527. The summed E-state index contributed by atoms with van der Waals surface area (Å²) in [5.74, 6) is 0.0116. The molecule has 0 spiro atoms. The molecule has 0 N–H and O–H groups in total. The average Bonchev–Trinajstić information content (AvgIpc) is 1.82. The molecule has 0 aromatic carbocycles. The third-order valence-electron chi connectivity index (χ3n) is 1.57. The molecule has 0 heterocycles. The van der Waals surface area contributed by atoms with Crippen molar-refractivity contribution in [3.63, 3.8) is 0 Å². The summed E-state index contributed by atoms with van der Waals surface area (Å²) in [6.07, 6.45) is 0. The Kier molecular flexibility index (Phi) is 2.85. The molecule has 0 saturated carbocycles. The summed E-state index contributed by atoms with van der Waals surface area (Å²) in [4.78, 5) is 12.9. The summed E-state index contributed by atoms with van der Waals surface area (Å²) in [5, 5.41) is 0. The Bertz CT molecular complexity index is 174. The molecule has 2 heteroatoms. The maximum Gasteiger partial charge on any atom is 0.249 e. The first-order valence-electron chi connectivity index (χ1n) is 3.68. The summed E-state index contributed by atoms with van der Waals surface area (Å²) >= 11 is 0. The predicted molar refractivity (Wildman–Crippen MR) is 47.3 cm³/mol. The lowest BCUT2D eigenvalue weighted by Crippen LogP contribution is -2.28. The number of carbonyl (C=O) groups is 1. The van der Waals surface area contributed by atoms with E-state index in [0.29, 0.717) is 5.57 Å². The van der Waals surface area contributed by atoms with Crippen LogP contribution >= 0.6 is 0 Å². The van der Waals surface area contributed by atoms with Gasteiger partial charge in [0.15, 0.2) is 0 Å². The molecule has 0 radical (unpaired) electrons. The molecule has 0 aliphatic rings. The van der Waals surface area contributed by atoms with E-state index in [2.05, 4.69) is 6.58 Å². The smallest absolute Gasteiger partial charge is 0.249 e. The van der Waals surface area contributed by atoms with E-state index >= 15 is 0 Å². The molecular formula is C9H17NO. The van der Waals surface area contributed by atoms with Crippen molar-refractivity contribution < 1.29 is 4.79 Å². The zero-order chi connectivity index (χ0) is 9.23. The average molecular weight is 155 g/mol. The molecule has 0 aromatic heterocycles. The normalized spacial score (nSPS) is 11.0. The van der Waals surface area contributed by atoms with Crippen molar-refractivity contribution in [2.45, 2.75) is 20.8 Å². The number of carbonyl (C=O) groups excluding carboxylic acids is 1. The number of hydrogen-bond acceptors (Lipinski definition) is 1. The van der Waals surface area contributed by atoms with E-state index in [0.717, 1.165) is 0 Å². The highest BCUT2D eigenvalue weighted by atomic mass is 16.2. The molecule has 0 aliphatic carbocycles. The minimum atomic E-state index is -0.124. The Morgan fingerprint density at radius 3 is 1.73 bits per heavy atom. The first-order chi connectivity index (χ1) is 4.76. The highest BCUT2D eigenvalue weighted by molar-refractivity contribution is 5.93. The Morgan fingerprint density at radius 1 is 1.27 bits per heavy atom. The van der Waals surface area contributed by atoms with Gasteiger partial charge in [0.2, 0.25) is 5.91 Å². The van der Waals surface area contributed by atoms with Gasteiger partial charge in [0.1, 0.15) is 0 Å². The summed E-state index contributed by atoms with van der Waals surface area (Å²) in [7, 11) is 3.47. The summed E-state index contributed by atoms with van der Waals surface area (Å²) < 4.78 is 0. The van der Waals surface area contributed by atoms with Crippen molar-refractivity contribution in [1.29, 1.82) is 0 Å². The molecule has 1 amide bonds. The third kappa shape index (κ3) is 2.74. The van der Waals surface area contributed by atoms with Crippen LogP contribution in [-0.2, 0) is 4.79 Å². The first kappa shape index (κ1) is 10.2. The molecule has 11 heavy (non-hydrogen) atoms. The van der Waals surface area contributed by atoms with E-state index in [-0.39, 0.29) is 11.3 Å². The third-order valence-corrected chi connectivity index (χ3v) is 1.57. The SMILES string of the molecule is C=C(C(=O)N(C)C)C(C)(C)C. The molecule has 0 saturated heterocycles. The molecule has 64 valence electrons. The topological polar surface area (TPSA) is 20.3 Å². The number of amides is 1. The van der Waals surface area contributed by atoms with Gasteiger partial charge in [-0.15, -0.1) is 0 Å². The molecule has 0 atom stereocenters. The second kappa shape index (κ2) is 3.07. The number of rotatable bonds is 1. The van der Waals surface area contributed by atoms with Gasteiger partial charge in [-0.25, -0.2) is 0 Å². The highest BCUT2D eigenvalue weighted by Crippen LogP contribution is 2.24. The van der Waals surface area contributed by atoms with Crippen molar-refractivity contribution in [3.05, 3.63) is 12.2 Å². The van der Waals surface area contributed by atoms with Crippen LogP contribution in [0.25, 0.3) is 0 Å². The fourth-order valence-electron chi connectivity index (χ4n) is 0.591. The van der Waals surface area contributed by atoms with Crippen molar-refractivity contribution in [2.24, 2.45) is 5.41 Å². The second-order valence-electron chi connectivity index (χ2n) is 3.93. The van der Waals surface area contributed by atoms with E-state index in [1.165, 1.54) is 0 Å². The Hall–Kier alpha value is -0.790. The standard InChI is InChI=1S/C9H17NO/c1-7(9(2,3)4)8(11)10(5)6/h1H2,2-6H3. The van der Waals surface area contributed by atoms with Gasteiger partial charge >= 0.3 is 0 Å². The zero-order valence-electron chi connectivity index (χ0n) is 8.06. The largest absolute Gasteiger partial charge is 0.345 e. The zero-order valence-corrected chi connectivity index (χ0v) is 8.06. The van der Waals surface area contributed by atoms with Gasteiger partial charge in [-0.2, -0.15) is 0 Å². The minimum absolute atomic E-state index is 0.0116. The van der Waals surface area contributed by atoms with Crippen molar-refractivity contribution in [2.75, 3.05) is 14.1 Å². The lowest BCUT2D eigenvalue weighted by Gasteiger charge is -2.23. The Labute approximate surface area is 68.9 Å². The summed E-state index contributed by atoms with van der Waals surface area (Å²) in [6, 6.07) is 0. The monoisotopic (exact) mass is 155 g/mol. The molecule has 0 bridgehead atoms. The van der Waals surface area contributed by atoms with Crippen LogP contribution in [0.15, 0.2) is 12.2 Å². The van der Waals surface area contributed by atoms with Crippen LogP contribution in [-0.4, -0.2) is 24.9 Å². The number of nitrogens with zero attached hydrogens (tertiary/aromatic N) is 1. The van der Waals surface area contributed by atoms with Crippen LogP contribution in [0.3, 0.4) is 0 Å². The van der Waals surface area contributed by atoms with Crippen LogP contribution in [0.2, 0.25) is 0 Å². The van der Waals surface area contributed by atoms with Crippen molar-refractivity contribution in [3.8, 4) is 0 Å². The predicted octanol–water partition coefficient (Wildman–Crippen LogP) is 1.68. The van der Waals surface area contributed by atoms with Gasteiger partial charge in [0, 0.05) is 19.7 Å². The molecular weight excluding hydrogens is 138 g/mol. The van der Waals surface area contributed by atoms with E-state index < -0.39 is 0 Å². The van der Waals surface area contributed by atoms with Gasteiger partial charge in [0.25, 0.3) is 0 Å². The van der Waals surface area contributed by atoms with E-state index in [4.69, 9.17) is 0 Å². The molecule has 0 rings (SSSR count). The van der Waals surface area contributed by atoms with E-state index in [1.54, 1.807) is 19.0 Å². The van der Waals surface area contributed by atoms with Gasteiger partial charge in [0.05, 0.1) is 0 Å². The van der Waals surface area contributed by atoms with Crippen LogP contribution < -0.4 is 0 Å². The van der Waals surface area contributed by atoms with Gasteiger partial charge < -0.3 is 4.90 Å². The van der Waals surface area contributed by atoms with Crippen molar-refractivity contribution >= 4 is 5.91 Å². The van der Waals surface area contributed by atoms with E-state index in [9.17, 15) is 4.79 Å². The molecule has 0 aromatic rings. The fraction of sp³-hybridized carbons (Fsp3) is 0.667. The van der Waals surface area contributed by atoms with Gasteiger partial charge in [-0.05, 0) is 5.41 Å². The number of hydrogen-bond donors (Lipinski definition) is 0. The highest BCUT2D eigenvalue weighted by Gasteiger charge is 2.22. The van der Waals surface area contributed by atoms with Crippen LogP contribution in [0.1, 0.15) is 20.8 Å². The lowest BCUT2D eigenvalue weighted by molar-refractivity contribution is -0.125. The Balaban J connectivity index is 4.40. The lowest BCUT2D eigenvalue weighted by atomic mass is 9.87. The van der Waals surface area contributed by atoms with Gasteiger partial charge in [-0.3, -0.25) is 4.79 Å². The van der Waals surface area contributed by atoms with E-state index in [1.807, 2.05) is 20.8 Å². The Morgan fingerprint density at radius 2 is 1.64 bits per heavy atom. The fourth-order valence-corrected chi connectivity index (χ4v) is 0.591. The molecule has 0 aliphatic heterocycles. The first-order valence-corrected chi connectivity index (χ1v) is 3.68. The van der Waals surface area contributed by atoms with Crippen molar-refractivity contribution in [1.82, 2.24) is 4.90 Å². The van der Waals surface area contributed by atoms with Gasteiger partial charge in [-0.1, -0.05) is 27.4 Å². The maximum atomic E-state index is 11.3. The summed E-state index contributed by atoms with van der Waals surface area (Å²) in [6.45, 7) is 9.70. The van der Waals surface area contributed by atoms with Crippen LogP contribution in [0, 0.1) is 5.41 Å². The minimum Gasteiger partial charge on any atom is -0.345 e. The number of likely N-dealkylation sites (N-methyl/N-ethyl adjacent to an activating group) is 1. The molecule has 0 unspecified atom stereocenters. The molecule has 2 nitrogen and oxygen atoms in total. The molecule has 0 fully saturated rings. The second-order valence-corrected chi connectivity index (χ2v) is 3.93. The van der Waals surface area contributed by atoms with Crippen LogP contribution in [0.5, 0.6) is 0 Å². The summed E-state index contributed by atoms with van der Waals surface area (Å²) in [5.41, 5.74) is 0.531. The van der Waals surface area contributed by atoms with Crippen LogP contribution in [0.4, 0.5) is 0 Å².